The minimum Gasteiger partial charge on any atom is -0.445 e. The highest BCUT2D eigenvalue weighted by atomic mass is 16.6. The lowest BCUT2D eigenvalue weighted by atomic mass is 10.2. The molecule has 2 heterocycles. The van der Waals surface area contributed by atoms with Crippen molar-refractivity contribution in [2.45, 2.75) is 31.7 Å². The van der Waals surface area contributed by atoms with Crippen molar-refractivity contribution >= 4 is 5.97 Å². The first-order chi connectivity index (χ1) is 5.18. The van der Waals surface area contributed by atoms with Crippen molar-refractivity contribution in [1.82, 2.24) is 4.90 Å². The van der Waals surface area contributed by atoms with E-state index in [0.29, 0.717) is 13.0 Å². The molecule has 1 N–H and O–H groups in total. The molecule has 0 bridgehead atoms. The van der Waals surface area contributed by atoms with Gasteiger partial charge in [-0.3, -0.25) is 9.69 Å². The Morgan fingerprint density at radius 1 is 1.73 bits per heavy atom. The van der Waals surface area contributed by atoms with Gasteiger partial charge in [-0.25, -0.2) is 0 Å². The summed E-state index contributed by atoms with van der Waals surface area (Å²) in [6, 6.07) is -0.181. The van der Waals surface area contributed by atoms with Gasteiger partial charge in [0.15, 0.2) is 6.23 Å². The number of aliphatic hydroxyl groups is 1. The second-order valence-electron chi connectivity index (χ2n) is 3.14. The van der Waals surface area contributed by atoms with Gasteiger partial charge >= 0.3 is 5.97 Å². The Hall–Kier alpha value is -0.610. The monoisotopic (exact) mass is 157 g/mol. The lowest BCUT2D eigenvalue weighted by Crippen LogP contribution is -2.31. The molecule has 0 aromatic carbocycles. The summed E-state index contributed by atoms with van der Waals surface area (Å²) in [5.74, 6) is -0.186. The zero-order valence-corrected chi connectivity index (χ0v) is 6.36. The molecule has 11 heavy (non-hydrogen) atoms. The number of ether oxygens (including phenoxy) is 1. The van der Waals surface area contributed by atoms with Crippen LogP contribution in [0, 0.1) is 0 Å². The standard InChI is InChI=1S/C7H11NO3/c1-4-8-3-5(9)2-6(8)7(10)11-4/h4-6,9H,2-3H2,1H3/t4-,5+,6+/m1/s1. The van der Waals surface area contributed by atoms with Crippen LogP contribution in [0.1, 0.15) is 13.3 Å². The fourth-order valence-electron chi connectivity index (χ4n) is 1.79. The van der Waals surface area contributed by atoms with Gasteiger partial charge in [0.2, 0.25) is 0 Å². The molecule has 2 saturated heterocycles. The van der Waals surface area contributed by atoms with Gasteiger partial charge in [-0.05, 0) is 6.92 Å². The number of carbonyl (C=O) groups excluding carboxylic acids is 1. The number of nitrogens with zero attached hydrogens (tertiary/aromatic N) is 1. The smallest absolute Gasteiger partial charge is 0.325 e. The Bertz CT molecular complexity index is 194. The Morgan fingerprint density at radius 2 is 2.45 bits per heavy atom. The molecule has 4 heteroatoms. The fraction of sp³-hybridized carbons (Fsp3) is 0.857. The van der Waals surface area contributed by atoms with Gasteiger partial charge in [0.25, 0.3) is 0 Å². The summed E-state index contributed by atoms with van der Waals surface area (Å²) in [5, 5.41) is 9.22. The molecule has 2 fully saturated rings. The molecular formula is C7H11NO3. The zero-order chi connectivity index (χ0) is 8.01. The van der Waals surface area contributed by atoms with Crippen LogP contribution in [-0.2, 0) is 9.53 Å². The topological polar surface area (TPSA) is 49.8 Å². The van der Waals surface area contributed by atoms with E-state index in [2.05, 4.69) is 0 Å². The summed E-state index contributed by atoms with van der Waals surface area (Å²) in [6.45, 7) is 2.40. The van der Waals surface area contributed by atoms with Crippen molar-refractivity contribution in [2.75, 3.05) is 6.54 Å². The third-order valence-electron chi connectivity index (χ3n) is 2.34. The average Bonchev–Trinajstić information content (AvgIpc) is 2.38. The molecule has 2 aliphatic rings. The summed E-state index contributed by atoms with van der Waals surface area (Å²) >= 11 is 0. The van der Waals surface area contributed by atoms with E-state index >= 15 is 0 Å². The Labute approximate surface area is 64.7 Å². The van der Waals surface area contributed by atoms with Crippen LogP contribution in [0.15, 0.2) is 0 Å². The van der Waals surface area contributed by atoms with Crippen molar-refractivity contribution in [3.05, 3.63) is 0 Å². The largest absolute Gasteiger partial charge is 0.445 e. The van der Waals surface area contributed by atoms with E-state index in [9.17, 15) is 9.90 Å². The van der Waals surface area contributed by atoms with E-state index in [1.807, 2.05) is 11.8 Å². The molecule has 0 aromatic heterocycles. The Morgan fingerprint density at radius 3 is 3.09 bits per heavy atom. The van der Waals surface area contributed by atoms with E-state index in [1.54, 1.807) is 0 Å². The first-order valence-electron chi connectivity index (χ1n) is 3.83. The van der Waals surface area contributed by atoms with Crippen LogP contribution in [0.2, 0.25) is 0 Å². The second kappa shape index (κ2) is 2.19. The number of fused-ring (bicyclic) bond motifs is 1. The maximum atomic E-state index is 11.0. The summed E-state index contributed by atoms with van der Waals surface area (Å²) < 4.78 is 4.95. The lowest BCUT2D eigenvalue weighted by Gasteiger charge is -2.14. The molecule has 0 saturated carbocycles. The highest BCUT2D eigenvalue weighted by Crippen LogP contribution is 2.27. The minimum atomic E-state index is -0.352. The third kappa shape index (κ3) is 0.937. The van der Waals surface area contributed by atoms with Crippen molar-refractivity contribution < 1.29 is 14.6 Å². The normalized spacial score (nSPS) is 44.2. The van der Waals surface area contributed by atoms with Crippen LogP contribution < -0.4 is 0 Å². The van der Waals surface area contributed by atoms with Crippen molar-refractivity contribution in [3.8, 4) is 0 Å². The van der Waals surface area contributed by atoms with Crippen LogP contribution >= 0.6 is 0 Å². The number of carbonyl (C=O) groups is 1. The summed E-state index contributed by atoms with van der Waals surface area (Å²) in [6.07, 6.45) is 0.0309. The number of rotatable bonds is 0. The fourth-order valence-corrected chi connectivity index (χ4v) is 1.79. The van der Waals surface area contributed by atoms with E-state index in [-0.39, 0.29) is 24.3 Å². The molecule has 4 nitrogen and oxygen atoms in total. The first kappa shape index (κ1) is 7.06. The molecule has 0 radical (unpaired) electrons. The predicted octanol–water partition coefficient (Wildman–Crippen LogP) is -0.676. The predicted molar refractivity (Wildman–Crippen MR) is 36.7 cm³/mol. The van der Waals surface area contributed by atoms with Gasteiger partial charge in [-0.1, -0.05) is 0 Å². The van der Waals surface area contributed by atoms with Crippen LogP contribution in [0.3, 0.4) is 0 Å². The third-order valence-corrected chi connectivity index (χ3v) is 2.34. The van der Waals surface area contributed by atoms with Crippen LogP contribution in [0.25, 0.3) is 0 Å². The molecule has 62 valence electrons. The second-order valence-corrected chi connectivity index (χ2v) is 3.14. The maximum absolute atomic E-state index is 11.0. The number of hydrogen-bond donors (Lipinski definition) is 1. The Kier molecular flexibility index (Phi) is 1.40. The maximum Gasteiger partial charge on any atom is 0.325 e. The van der Waals surface area contributed by atoms with E-state index in [4.69, 9.17) is 4.74 Å². The first-order valence-corrected chi connectivity index (χ1v) is 3.83. The van der Waals surface area contributed by atoms with E-state index in [1.165, 1.54) is 0 Å². The van der Waals surface area contributed by atoms with Gasteiger partial charge in [0, 0.05) is 13.0 Å². The summed E-state index contributed by atoms with van der Waals surface area (Å²) in [5.41, 5.74) is 0. The summed E-state index contributed by atoms with van der Waals surface area (Å²) in [4.78, 5) is 12.9. The number of aliphatic hydroxyl groups excluding tert-OH is 1. The molecule has 0 unspecified atom stereocenters. The lowest BCUT2D eigenvalue weighted by molar-refractivity contribution is -0.142. The van der Waals surface area contributed by atoms with E-state index < -0.39 is 0 Å². The molecule has 0 aliphatic carbocycles. The summed E-state index contributed by atoms with van der Waals surface area (Å²) in [7, 11) is 0. The molecule has 0 aromatic rings. The van der Waals surface area contributed by atoms with Gasteiger partial charge in [0.1, 0.15) is 6.04 Å². The van der Waals surface area contributed by atoms with Gasteiger partial charge < -0.3 is 9.84 Å². The van der Waals surface area contributed by atoms with Crippen LogP contribution in [-0.4, -0.2) is 40.9 Å². The molecule has 2 aliphatic heterocycles. The minimum absolute atomic E-state index is 0.148. The van der Waals surface area contributed by atoms with Crippen LogP contribution in [0.5, 0.6) is 0 Å². The Balaban J connectivity index is 2.16. The highest BCUT2D eigenvalue weighted by Gasteiger charge is 2.46. The SMILES string of the molecule is C[C@H]1OC(=O)[C@@H]2C[C@H](O)CN12. The zero-order valence-electron chi connectivity index (χ0n) is 6.36. The average molecular weight is 157 g/mol. The molecule has 0 spiro atoms. The number of cyclic esters (lactones) is 1. The number of esters is 1. The van der Waals surface area contributed by atoms with Crippen LogP contribution in [0.4, 0.5) is 0 Å². The molecule has 2 rings (SSSR count). The molecule has 3 atom stereocenters. The van der Waals surface area contributed by atoms with E-state index in [0.717, 1.165) is 0 Å². The van der Waals surface area contributed by atoms with Crippen molar-refractivity contribution in [3.63, 3.8) is 0 Å². The van der Waals surface area contributed by atoms with Gasteiger partial charge in [0.05, 0.1) is 6.10 Å². The quantitative estimate of drug-likeness (QED) is 0.473. The molecule has 0 amide bonds. The van der Waals surface area contributed by atoms with Crippen molar-refractivity contribution in [1.29, 1.82) is 0 Å². The van der Waals surface area contributed by atoms with Crippen molar-refractivity contribution in [2.24, 2.45) is 0 Å². The number of hydrogen-bond acceptors (Lipinski definition) is 4. The van der Waals surface area contributed by atoms with Gasteiger partial charge in [-0.15, -0.1) is 0 Å². The molecular weight excluding hydrogens is 146 g/mol. The highest BCUT2D eigenvalue weighted by molar-refractivity contribution is 5.78. The van der Waals surface area contributed by atoms with Gasteiger partial charge in [-0.2, -0.15) is 0 Å².